The molecule has 4 rings (SSSR count). The molecule has 9 heteroatoms. The van der Waals surface area contributed by atoms with Crippen LogP contribution in [0.15, 0.2) is 18.3 Å². The molecule has 0 amide bonds. The molecule has 0 unspecified atom stereocenters. The van der Waals surface area contributed by atoms with Crippen molar-refractivity contribution in [3.05, 3.63) is 24.2 Å². The number of aromatic nitrogens is 6. The van der Waals surface area contributed by atoms with Gasteiger partial charge in [0, 0.05) is 12.0 Å². The molecule has 0 fully saturated rings. The van der Waals surface area contributed by atoms with Gasteiger partial charge in [0.1, 0.15) is 5.82 Å². The number of hydrogen-bond donors (Lipinski definition) is 1. The minimum absolute atomic E-state index is 0.537. The van der Waals surface area contributed by atoms with E-state index >= 15 is 0 Å². The third-order valence-electron chi connectivity index (χ3n) is 4.65. The predicted molar refractivity (Wildman–Crippen MR) is 103 cm³/mol. The fourth-order valence-corrected chi connectivity index (χ4v) is 3.22. The maximum absolute atomic E-state index is 5.46. The number of hydrogen-bond acceptors (Lipinski definition) is 7. The molecule has 28 heavy (non-hydrogen) atoms. The van der Waals surface area contributed by atoms with E-state index in [1.54, 1.807) is 27.5 Å². The van der Waals surface area contributed by atoms with Crippen LogP contribution in [0.3, 0.4) is 0 Å². The summed E-state index contributed by atoms with van der Waals surface area (Å²) < 4.78 is 18.2. The molecule has 2 aliphatic rings. The van der Waals surface area contributed by atoms with E-state index in [1.165, 1.54) is 0 Å². The van der Waals surface area contributed by atoms with Crippen LogP contribution >= 0.6 is 0 Å². The first kappa shape index (κ1) is 18.0. The minimum atomic E-state index is 0.537. The van der Waals surface area contributed by atoms with Crippen LogP contribution in [0.2, 0.25) is 0 Å². The Morgan fingerprint density at radius 3 is 2.43 bits per heavy atom. The third kappa shape index (κ3) is 2.88. The second-order valence-electron chi connectivity index (χ2n) is 6.36. The zero-order valence-electron chi connectivity index (χ0n) is 16.3. The Kier molecular flexibility index (Phi) is 4.72. The average Bonchev–Trinajstić information content (AvgIpc) is 3.37. The summed E-state index contributed by atoms with van der Waals surface area (Å²) in [5.74, 6) is 3.80. The Hall–Kier alpha value is -3.36. The van der Waals surface area contributed by atoms with Crippen LogP contribution in [0.25, 0.3) is 28.4 Å². The van der Waals surface area contributed by atoms with Crippen LogP contribution in [0.4, 0.5) is 0 Å². The number of unbranched alkanes of at least 4 members (excludes halogenated alkanes) is 1. The van der Waals surface area contributed by atoms with Gasteiger partial charge in [0.05, 0.1) is 33.1 Å². The van der Waals surface area contributed by atoms with E-state index in [4.69, 9.17) is 19.2 Å². The molecule has 0 radical (unpaired) electrons. The molecule has 2 aliphatic heterocycles. The highest BCUT2D eigenvalue weighted by Gasteiger charge is 2.21. The van der Waals surface area contributed by atoms with Crippen LogP contribution < -0.4 is 14.2 Å². The van der Waals surface area contributed by atoms with Crippen molar-refractivity contribution in [3.8, 4) is 40.0 Å². The molecule has 3 heterocycles. The summed E-state index contributed by atoms with van der Waals surface area (Å²) in [5, 5.41) is 11.5. The summed E-state index contributed by atoms with van der Waals surface area (Å²) in [5.41, 5.74) is 2.35. The first-order chi connectivity index (χ1) is 13.7. The standard InChI is InChI=1S/C19H22N6O3/c1-5-6-7-15-21-18-12(10-20-23-18)19-22-17(24-25(15)19)11-8-13(26-2)16(28-4)14(9-11)27-3/h8-10H,5-7H2,1-4H3,(H,22,24). The first-order valence-electron chi connectivity index (χ1n) is 9.09. The van der Waals surface area contributed by atoms with Gasteiger partial charge < -0.3 is 14.2 Å². The number of rotatable bonds is 7. The lowest BCUT2D eigenvalue weighted by Crippen LogP contribution is -2.05. The van der Waals surface area contributed by atoms with Crippen molar-refractivity contribution in [1.29, 1.82) is 0 Å². The lowest BCUT2D eigenvalue weighted by molar-refractivity contribution is 0.324. The number of H-pyrrole nitrogens is 1. The molecule has 0 spiro atoms. The molecule has 1 aromatic heterocycles. The number of nitrogens with zero attached hydrogens (tertiary/aromatic N) is 5. The third-order valence-corrected chi connectivity index (χ3v) is 4.65. The number of methoxy groups -OCH3 is 3. The van der Waals surface area contributed by atoms with Gasteiger partial charge in [0.2, 0.25) is 5.75 Å². The number of aromatic amines is 1. The van der Waals surface area contributed by atoms with Crippen LogP contribution in [0.5, 0.6) is 17.2 Å². The summed E-state index contributed by atoms with van der Waals surface area (Å²) in [6.07, 6.45) is 4.59. The zero-order valence-corrected chi connectivity index (χ0v) is 16.3. The van der Waals surface area contributed by atoms with Gasteiger partial charge in [-0.2, -0.15) is 5.10 Å². The molecule has 2 aromatic rings. The largest absolute Gasteiger partial charge is 0.493 e. The van der Waals surface area contributed by atoms with Crippen LogP contribution in [-0.2, 0) is 6.42 Å². The zero-order chi connectivity index (χ0) is 19.7. The Morgan fingerprint density at radius 1 is 1.04 bits per heavy atom. The fourth-order valence-electron chi connectivity index (χ4n) is 3.22. The number of fused-ring (bicyclic) bond motifs is 3. The van der Waals surface area contributed by atoms with Crippen molar-refractivity contribution in [1.82, 2.24) is 29.8 Å². The highest BCUT2D eigenvalue weighted by Crippen LogP contribution is 2.40. The van der Waals surface area contributed by atoms with Gasteiger partial charge in [-0.25, -0.2) is 14.5 Å². The highest BCUT2D eigenvalue weighted by molar-refractivity contribution is 5.76. The van der Waals surface area contributed by atoms with Crippen LogP contribution in [0.1, 0.15) is 25.6 Å². The summed E-state index contributed by atoms with van der Waals surface area (Å²) in [6, 6.07) is 3.72. The summed E-state index contributed by atoms with van der Waals surface area (Å²) >= 11 is 0. The number of nitrogens with one attached hydrogen (secondary N) is 1. The van der Waals surface area contributed by atoms with Gasteiger partial charge in [0.15, 0.2) is 28.8 Å². The van der Waals surface area contributed by atoms with Gasteiger partial charge in [-0.1, -0.05) is 13.3 Å². The Labute approximate surface area is 162 Å². The van der Waals surface area contributed by atoms with Crippen molar-refractivity contribution in [2.75, 3.05) is 21.3 Å². The minimum Gasteiger partial charge on any atom is -0.493 e. The smallest absolute Gasteiger partial charge is 0.203 e. The Balaban J connectivity index is 1.91. The van der Waals surface area contributed by atoms with Gasteiger partial charge in [0.25, 0.3) is 0 Å². The number of benzene rings is 1. The molecule has 1 N–H and O–H groups in total. The fraction of sp³-hybridized carbons (Fsp3) is 0.368. The molecule has 0 atom stereocenters. The van der Waals surface area contributed by atoms with Gasteiger partial charge in [-0.15, -0.1) is 5.10 Å². The molecule has 146 valence electrons. The SMILES string of the molecule is CCCCc1nc2nncc-2c2nc(-c3cc(OC)c(OC)c(OC)c3)[nH]n12. The lowest BCUT2D eigenvalue weighted by atomic mass is 10.1. The predicted octanol–water partition coefficient (Wildman–Crippen LogP) is 2.99. The van der Waals surface area contributed by atoms with E-state index in [0.717, 1.165) is 41.9 Å². The molecular weight excluding hydrogens is 360 g/mol. The van der Waals surface area contributed by atoms with Crippen molar-refractivity contribution < 1.29 is 14.2 Å². The van der Waals surface area contributed by atoms with Crippen LogP contribution in [-0.4, -0.2) is 51.1 Å². The Morgan fingerprint density at radius 2 is 1.79 bits per heavy atom. The van der Waals surface area contributed by atoms with Gasteiger partial charge >= 0.3 is 0 Å². The van der Waals surface area contributed by atoms with Crippen molar-refractivity contribution in [2.45, 2.75) is 26.2 Å². The number of aryl methyl sites for hydroxylation is 1. The van der Waals surface area contributed by atoms with Gasteiger partial charge in [-0.05, 0) is 18.6 Å². The van der Waals surface area contributed by atoms with E-state index in [2.05, 4.69) is 27.2 Å². The summed E-state index contributed by atoms with van der Waals surface area (Å²) in [7, 11) is 4.76. The van der Waals surface area contributed by atoms with Crippen molar-refractivity contribution in [2.24, 2.45) is 0 Å². The number of ether oxygens (including phenoxy) is 3. The molecule has 0 aliphatic carbocycles. The molecule has 0 bridgehead atoms. The molecule has 0 saturated carbocycles. The van der Waals surface area contributed by atoms with Gasteiger partial charge in [-0.3, -0.25) is 5.10 Å². The quantitative estimate of drug-likeness (QED) is 0.524. The molecule has 9 nitrogen and oxygen atoms in total. The van der Waals surface area contributed by atoms with E-state index in [-0.39, 0.29) is 0 Å². The molecule has 0 saturated heterocycles. The monoisotopic (exact) mass is 382 g/mol. The maximum Gasteiger partial charge on any atom is 0.203 e. The van der Waals surface area contributed by atoms with Crippen LogP contribution in [0, 0.1) is 0 Å². The molecule has 1 aromatic carbocycles. The highest BCUT2D eigenvalue weighted by atomic mass is 16.5. The van der Waals surface area contributed by atoms with E-state index in [9.17, 15) is 0 Å². The lowest BCUT2D eigenvalue weighted by Gasteiger charge is -2.13. The van der Waals surface area contributed by atoms with E-state index in [0.29, 0.717) is 28.9 Å². The molecular formula is C19H22N6O3. The first-order valence-corrected chi connectivity index (χ1v) is 9.09. The summed E-state index contributed by atoms with van der Waals surface area (Å²) in [6.45, 7) is 2.15. The average molecular weight is 382 g/mol. The van der Waals surface area contributed by atoms with Crippen molar-refractivity contribution in [3.63, 3.8) is 0 Å². The van der Waals surface area contributed by atoms with Crippen molar-refractivity contribution >= 4 is 5.65 Å². The normalized spacial score (nSPS) is 11.3. The van der Waals surface area contributed by atoms with E-state index in [1.807, 2.05) is 16.6 Å². The maximum atomic E-state index is 5.46. The van der Waals surface area contributed by atoms with E-state index < -0.39 is 0 Å². The Bertz CT molecular complexity index is 1060. The second kappa shape index (κ2) is 7.34. The topological polar surface area (TPSA) is 99.5 Å². The second-order valence-corrected chi connectivity index (χ2v) is 6.36. The summed E-state index contributed by atoms with van der Waals surface area (Å²) in [4.78, 5) is 9.45.